The van der Waals surface area contributed by atoms with Crippen molar-refractivity contribution in [3.8, 4) is 0 Å². The molecular formula is C32H36Cl3N3O4S. The zero-order chi connectivity index (χ0) is 31.3. The van der Waals surface area contributed by atoms with E-state index in [9.17, 15) is 18.0 Å². The summed E-state index contributed by atoms with van der Waals surface area (Å²) in [4.78, 5) is 29.1. The van der Waals surface area contributed by atoms with Crippen molar-refractivity contribution in [3.05, 3.63) is 92.4 Å². The fraction of sp³-hybridized carbons (Fsp3) is 0.375. The van der Waals surface area contributed by atoms with E-state index in [1.807, 2.05) is 6.92 Å². The first-order chi connectivity index (χ1) is 20.4. The number of aryl methyl sites for hydroxylation is 2. The summed E-state index contributed by atoms with van der Waals surface area (Å²) in [6, 6.07) is 15.3. The number of halogens is 3. The monoisotopic (exact) mass is 663 g/mol. The molecule has 0 radical (unpaired) electrons. The van der Waals surface area contributed by atoms with Gasteiger partial charge in [-0.1, -0.05) is 77.8 Å². The van der Waals surface area contributed by atoms with Crippen LogP contribution in [-0.4, -0.2) is 43.8 Å². The van der Waals surface area contributed by atoms with Gasteiger partial charge in [-0.25, -0.2) is 8.42 Å². The van der Waals surface area contributed by atoms with Crippen molar-refractivity contribution in [2.24, 2.45) is 0 Å². The van der Waals surface area contributed by atoms with E-state index in [0.29, 0.717) is 31.9 Å². The highest BCUT2D eigenvalue weighted by molar-refractivity contribution is 7.92. The number of anilines is 1. The van der Waals surface area contributed by atoms with Gasteiger partial charge in [0.1, 0.15) is 12.6 Å². The van der Waals surface area contributed by atoms with Crippen LogP contribution in [0.1, 0.15) is 55.7 Å². The summed E-state index contributed by atoms with van der Waals surface area (Å²) < 4.78 is 29.2. The molecule has 3 aromatic rings. The van der Waals surface area contributed by atoms with Crippen molar-refractivity contribution in [3.63, 3.8) is 0 Å². The van der Waals surface area contributed by atoms with Gasteiger partial charge in [-0.05, 0) is 87.2 Å². The van der Waals surface area contributed by atoms with E-state index < -0.39 is 28.5 Å². The van der Waals surface area contributed by atoms with E-state index in [1.54, 1.807) is 62.4 Å². The van der Waals surface area contributed by atoms with Gasteiger partial charge < -0.3 is 10.2 Å². The number of nitrogens with zero attached hydrogens (tertiary/aromatic N) is 2. The van der Waals surface area contributed by atoms with Crippen LogP contribution >= 0.6 is 34.8 Å². The van der Waals surface area contributed by atoms with E-state index in [1.165, 1.54) is 17.0 Å². The van der Waals surface area contributed by atoms with Crippen LogP contribution in [0.3, 0.4) is 0 Å². The van der Waals surface area contributed by atoms with Crippen LogP contribution < -0.4 is 9.62 Å². The molecule has 2 amide bonds. The molecule has 0 aliphatic heterocycles. The highest BCUT2D eigenvalue weighted by Crippen LogP contribution is 2.30. The second-order valence-corrected chi connectivity index (χ2v) is 14.2. The normalized spacial score (nSPS) is 14.7. The Morgan fingerprint density at radius 2 is 1.53 bits per heavy atom. The summed E-state index contributed by atoms with van der Waals surface area (Å²) in [5.74, 6) is -0.872. The Morgan fingerprint density at radius 3 is 2.16 bits per heavy atom. The first-order valence-corrected chi connectivity index (χ1v) is 16.8. The van der Waals surface area contributed by atoms with Gasteiger partial charge in [-0.3, -0.25) is 13.9 Å². The predicted molar refractivity (Wildman–Crippen MR) is 173 cm³/mol. The number of rotatable bonds is 10. The van der Waals surface area contributed by atoms with E-state index in [-0.39, 0.29) is 23.4 Å². The third-order valence-corrected chi connectivity index (χ3v) is 10.4. The summed E-state index contributed by atoms with van der Waals surface area (Å²) in [6.45, 7) is 4.67. The molecule has 43 heavy (non-hydrogen) atoms. The molecule has 1 saturated carbocycles. The zero-order valence-electron chi connectivity index (χ0n) is 24.4. The minimum Gasteiger partial charge on any atom is -0.352 e. The van der Waals surface area contributed by atoms with Crippen LogP contribution in [0.25, 0.3) is 0 Å². The van der Waals surface area contributed by atoms with Crippen LogP contribution in [0.15, 0.2) is 65.6 Å². The summed E-state index contributed by atoms with van der Waals surface area (Å²) in [7, 11) is -4.19. The predicted octanol–water partition coefficient (Wildman–Crippen LogP) is 7.33. The second-order valence-electron chi connectivity index (χ2n) is 11.0. The number of nitrogens with one attached hydrogen (secondary N) is 1. The average molecular weight is 665 g/mol. The number of carbonyl (C=O) groups is 2. The van der Waals surface area contributed by atoms with E-state index >= 15 is 0 Å². The Morgan fingerprint density at radius 1 is 0.907 bits per heavy atom. The van der Waals surface area contributed by atoms with Crippen LogP contribution in [0.2, 0.25) is 15.1 Å². The standard InChI is InChI=1S/C32H36Cl3N3O4S/c1-21-9-14-28(15-10-21)43(41,42)38(30-16-13-25(33)17-22(30)2)20-31(39)37(19-24-11-12-26(34)18-29(24)35)23(3)32(40)36-27-7-5-4-6-8-27/h9-18,23,27H,4-8,19-20H2,1-3H3,(H,36,40)/t23-/m1/s1. The molecule has 11 heteroatoms. The maximum atomic E-state index is 14.2. The first kappa shape index (κ1) is 33.1. The van der Waals surface area contributed by atoms with E-state index in [2.05, 4.69) is 5.32 Å². The molecule has 0 aromatic heterocycles. The Kier molecular flexibility index (Phi) is 11.0. The van der Waals surface area contributed by atoms with Gasteiger partial charge in [0, 0.05) is 27.7 Å². The van der Waals surface area contributed by atoms with E-state index in [0.717, 1.165) is 42.0 Å². The highest BCUT2D eigenvalue weighted by Gasteiger charge is 2.34. The molecule has 0 spiro atoms. The molecule has 0 unspecified atom stereocenters. The van der Waals surface area contributed by atoms with Crippen LogP contribution in [0, 0.1) is 13.8 Å². The first-order valence-electron chi connectivity index (χ1n) is 14.3. The Balaban J connectivity index is 1.72. The number of amides is 2. The van der Waals surface area contributed by atoms with Gasteiger partial charge in [-0.2, -0.15) is 0 Å². The number of carbonyl (C=O) groups excluding carboxylic acids is 2. The number of sulfonamides is 1. The fourth-order valence-electron chi connectivity index (χ4n) is 5.23. The van der Waals surface area contributed by atoms with Crippen molar-refractivity contribution >= 4 is 62.3 Å². The molecular weight excluding hydrogens is 629 g/mol. The second kappa shape index (κ2) is 14.3. The molecule has 0 heterocycles. The highest BCUT2D eigenvalue weighted by atomic mass is 35.5. The van der Waals surface area contributed by atoms with Gasteiger partial charge in [0.2, 0.25) is 11.8 Å². The summed E-state index contributed by atoms with van der Waals surface area (Å²) in [5.41, 5.74) is 2.36. The van der Waals surface area contributed by atoms with Gasteiger partial charge in [0.05, 0.1) is 10.6 Å². The smallest absolute Gasteiger partial charge is 0.264 e. The Labute approximate surface area is 269 Å². The zero-order valence-corrected chi connectivity index (χ0v) is 27.5. The quantitative estimate of drug-likeness (QED) is 0.246. The minimum absolute atomic E-state index is 0.0217. The molecule has 3 aromatic carbocycles. The third-order valence-electron chi connectivity index (χ3n) is 7.79. The maximum absolute atomic E-state index is 14.2. The number of hydrogen-bond donors (Lipinski definition) is 1. The summed E-state index contributed by atoms with van der Waals surface area (Å²) in [6.07, 6.45) is 4.97. The van der Waals surface area contributed by atoms with Gasteiger partial charge >= 0.3 is 0 Å². The average Bonchev–Trinajstić information content (AvgIpc) is 2.96. The Hall–Kier alpha value is -2.78. The minimum atomic E-state index is -4.19. The van der Waals surface area contributed by atoms with E-state index in [4.69, 9.17) is 34.8 Å². The molecule has 1 atom stereocenters. The SMILES string of the molecule is Cc1ccc(S(=O)(=O)N(CC(=O)N(Cc2ccc(Cl)cc2Cl)[C@H](C)C(=O)NC2CCCCC2)c2ccc(Cl)cc2C)cc1. The van der Waals surface area contributed by atoms with Gasteiger partial charge in [0.15, 0.2) is 0 Å². The Bertz CT molecular complexity index is 1580. The molecule has 1 aliphatic carbocycles. The lowest BCUT2D eigenvalue weighted by atomic mass is 9.95. The largest absolute Gasteiger partial charge is 0.352 e. The molecule has 4 rings (SSSR count). The van der Waals surface area contributed by atoms with Gasteiger partial charge in [-0.15, -0.1) is 0 Å². The lowest BCUT2D eigenvalue weighted by Crippen LogP contribution is -2.53. The maximum Gasteiger partial charge on any atom is 0.264 e. The molecule has 1 aliphatic rings. The lowest BCUT2D eigenvalue weighted by molar-refractivity contribution is -0.139. The molecule has 1 N–H and O–H groups in total. The molecule has 7 nitrogen and oxygen atoms in total. The summed E-state index contributed by atoms with van der Waals surface area (Å²) >= 11 is 18.8. The number of hydrogen-bond acceptors (Lipinski definition) is 4. The van der Waals surface area contributed by atoms with Crippen LogP contribution in [-0.2, 0) is 26.2 Å². The lowest BCUT2D eigenvalue weighted by Gasteiger charge is -2.33. The van der Waals surface area contributed by atoms with Gasteiger partial charge in [0.25, 0.3) is 10.0 Å². The van der Waals surface area contributed by atoms with Crippen molar-refractivity contribution < 1.29 is 18.0 Å². The molecule has 0 saturated heterocycles. The summed E-state index contributed by atoms with van der Waals surface area (Å²) in [5, 5.41) is 4.30. The number of benzene rings is 3. The van der Waals surface area contributed by atoms with Crippen molar-refractivity contribution in [1.29, 1.82) is 0 Å². The fourth-order valence-corrected chi connectivity index (χ4v) is 7.41. The van der Waals surface area contributed by atoms with Crippen molar-refractivity contribution in [2.75, 3.05) is 10.8 Å². The van der Waals surface area contributed by atoms with Crippen molar-refractivity contribution in [1.82, 2.24) is 10.2 Å². The van der Waals surface area contributed by atoms with Crippen LogP contribution in [0.5, 0.6) is 0 Å². The molecule has 230 valence electrons. The molecule has 0 bridgehead atoms. The molecule has 1 fully saturated rings. The van der Waals surface area contributed by atoms with Crippen molar-refractivity contribution in [2.45, 2.75) is 76.4 Å². The van der Waals surface area contributed by atoms with Crippen LogP contribution in [0.4, 0.5) is 5.69 Å². The topological polar surface area (TPSA) is 86.8 Å². The third kappa shape index (κ3) is 8.24.